The minimum absolute atomic E-state index is 0.0557. The van der Waals surface area contributed by atoms with Crippen molar-refractivity contribution in [2.24, 2.45) is 0 Å². The quantitative estimate of drug-likeness (QED) is 0.513. The summed E-state index contributed by atoms with van der Waals surface area (Å²) in [6, 6.07) is 19.6. The SMILES string of the molecule is Cc1cccc(Nc2nnc(SC(C)C(=O)N(CCC#N)c3ccccc3)s2)c1. The van der Waals surface area contributed by atoms with Crippen LogP contribution in [0.25, 0.3) is 0 Å². The third-order valence-electron chi connectivity index (χ3n) is 4.08. The Balaban J connectivity index is 1.67. The molecular weight excluding hydrogens is 402 g/mol. The van der Waals surface area contributed by atoms with Crippen LogP contribution < -0.4 is 10.2 Å². The van der Waals surface area contributed by atoms with E-state index in [9.17, 15) is 4.79 Å². The van der Waals surface area contributed by atoms with Gasteiger partial charge in [-0.25, -0.2) is 0 Å². The van der Waals surface area contributed by atoms with E-state index in [1.807, 2.05) is 68.4 Å². The monoisotopic (exact) mass is 423 g/mol. The topological polar surface area (TPSA) is 81.9 Å². The van der Waals surface area contributed by atoms with Gasteiger partial charge in [-0.1, -0.05) is 53.4 Å². The Hall–Kier alpha value is -2.89. The molecule has 1 aromatic heterocycles. The lowest BCUT2D eigenvalue weighted by Gasteiger charge is -2.24. The molecule has 148 valence electrons. The summed E-state index contributed by atoms with van der Waals surface area (Å²) in [6.45, 7) is 4.25. The number of aryl methyl sites for hydroxylation is 1. The summed E-state index contributed by atoms with van der Waals surface area (Å²) in [5.74, 6) is -0.0557. The van der Waals surface area contributed by atoms with Crippen molar-refractivity contribution < 1.29 is 4.79 Å². The van der Waals surface area contributed by atoms with E-state index in [4.69, 9.17) is 5.26 Å². The number of anilines is 3. The smallest absolute Gasteiger partial charge is 0.240 e. The minimum atomic E-state index is -0.353. The number of hydrogen-bond acceptors (Lipinski definition) is 7. The second-order valence-electron chi connectivity index (χ2n) is 6.36. The van der Waals surface area contributed by atoms with Crippen LogP contribution in [0.2, 0.25) is 0 Å². The van der Waals surface area contributed by atoms with E-state index in [1.54, 1.807) is 4.90 Å². The maximum absolute atomic E-state index is 13.0. The van der Waals surface area contributed by atoms with Gasteiger partial charge >= 0.3 is 0 Å². The van der Waals surface area contributed by atoms with Crippen molar-refractivity contribution in [1.82, 2.24) is 10.2 Å². The molecule has 3 rings (SSSR count). The van der Waals surface area contributed by atoms with Crippen LogP contribution in [0.4, 0.5) is 16.5 Å². The van der Waals surface area contributed by atoms with E-state index in [1.165, 1.54) is 23.1 Å². The molecule has 2 aromatic carbocycles. The Morgan fingerprint density at radius 3 is 2.76 bits per heavy atom. The molecule has 0 fully saturated rings. The van der Waals surface area contributed by atoms with Crippen LogP contribution in [0.3, 0.4) is 0 Å². The molecule has 0 saturated heterocycles. The Labute approximate surface area is 178 Å². The van der Waals surface area contributed by atoms with Crippen molar-refractivity contribution in [3.63, 3.8) is 0 Å². The molecular formula is C21H21N5OS2. The van der Waals surface area contributed by atoms with Gasteiger partial charge in [0, 0.05) is 17.9 Å². The zero-order valence-corrected chi connectivity index (χ0v) is 17.8. The number of para-hydroxylation sites is 1. The van der Waals surface area contributed by atoms with E-state index in [0.717, 1.165) is 16.9 Å². The predicted octanol–water partition coefficient (Wildman–Crippen LogP) is 5.02. The van der Waals surface area contributed by atoms with Crippen LogP contribution in [0.1, 0.15) is 18.9 Å². The van der Waals surface area contributed by atoms with Gasteiger partial charge in [-0.05, 0) is 43.7 Å². The number of benzene rings is 2. The number of nitriles is 1. The summed E-state index contributed by atoms with van der Waals surface area (Å²) in [5.41, 5.74) is 2.90. The van der Waals surface area contributed by atoms with Crippen LogP contribution in [-0.4, -0.2) is 27.9 Å². The van der Waals surface area contributed by atoms with Crippen LogP contribution in [0, 0.1) is 18.3 Å². The summed E-state index contributed by atoms with van der Waals surface area (Å²) in [7, 11) is 0. The fraction of sp³-hybridized carbons (Fsp3) is 0.238. The number of hydrogen-bond donors (Lipinski definition) is 1. The lowest BCUT2D eigenvalue weighted by atomic mass is 10.2. The highest BCUT2D eigenvalue weighted by Gasteiger charge is 2.24. The molecule has 1 N–H and O–H groups in total. The third-order valence-corrected chi connectivity index (χ3v) is 6.09. The van der Waals surface area contributed by atoms with Gasteiger partial charge in [0.1, 0.15) is 0 Å². The highest BCUT2D eigenvalue weighted by molar-refractivity contribution is 8.02. The molecule has 0 spiro atoms. The number of carbonyl (C=O) groups is 1. The average molecular weight is 424 g/mol. The fourth-order valence-corrected chi connectivity index (χ4v) is 4.69. The molecule has 1 amide bonds. The van der Waals surface area contributed by atoms with Gasteiger partial charge in [0.15, 0.2) is 4.34 Å². The number of rotatable bonds is 8. The van der Waals surface area contributed by atoms with Crippen molar-refractivity contribution in [3.05, 3.63) is 60.2 Å². The molecule has 3 aromatic rings. The van der Waals surface area contributed by atoms with E-state index in [2.05, 4.69) is 21.6 Å². The van der Waals surface area contributed by atoms with E-state index < -0.39 is 0 Å². The largest absolute Gasteiger partial charge is 0.330 e. The molecule has 1 atom stereocenters. The van der Waals surface area contributed by atoms with Gasteiger partial charge in [-0.3, -0.25) is 4.79 Å². The molecule has 0 aliphatic heterocycles. The van der Waals surface area contributed by atoms with Crippen molar-refractivity contribution >= 4 is 45.5 Å². The van der Waals surface area contributed by atoms with Gasteiger partial charge in [-0.15, -0.1) is 10.2 Å². The number of nitrogens with one attached hydrogen (secondary N) is 1. The molecule has 0 bridgehead atoms. The fourth-order valence-electron chi connectivity index (χ4n) is 2.71. The zero-order chi connectivity index (χ0) is 20.6. The summed E-state index contributed by atoms with van der Waals surface area (Å²) in [5, 5.41) is 20.9. The summed E-state index contributed by atoms with van der Waals surface area (Å²) < 4.78 is 0.717. The van der Waals surface area contributed by atoms with Gasteiger partial charge < -0.3 is 10.2 Å². The Kier molecular flexibility index (Phi) is 7.22. The molecule has 0 aliphatic rings. The van der Waals surface area contributed by atoms with Crippen LogP contribution in [-0.2, 0) is 4.79 Å². The first-order chi connectivity index (χ1) is 14.1. The first-order valence-electron chi connectivity index (χ1n) is 9.14. The number of aromatic nitrogens is 2. The van der Waals surface area contributed by atoms with Gasteiger partial charge in [-0.2, -0.15) is 5.26 Å². The number of carbonyl (C=O) groups excluding carboxylic acids is 1. The van der Waals surface area contributed by atoms with Gasteiger partial charge in [0.2, 0.25) is 11.0 Å². The highest BCUT2D eigenvalue weighted by atomic mass is 32.2. The maximum atomic E-state index is 13.0. The van der Waals surface area contributed by atoms with Crippen LogP contribution in [0.5, 0.6) is 0 Å². The van der Waals surface area contributed by atoms with E-state index in [0.29, 0.717) is 16.0 Å². The summed E-state index contributed by atoms with van der Waals surface area (Å²) >= 11 is 2.78. The summed E-state index contributed by atoms with van der Waals surface area (Å²) in [6.07, 6.45) is 0.279. The van der Waals surface area contributed by atoms with Crippen LogP contribution in [0.15, 0.2) is 58.9 Å². The van der Waals surface area contributed by atoms with Crippen molar-refractivity contribution in [2.75, 3.05) is 16.8 Å². The number of nitrogens with zero attached hydrogens (tertiary/aromatic N) is 4. The van der Waals surface area contributed by atoms with Crippen molar-refractivity contribution in [3.8, 4) is 6.07 Å². The van der Waals surface area contributed by atoms with E-state index >= 15 is 0 Å². The Bertz CT molecular complexity index is 1000. The third kappa shape index (κ3) is 5.79. The molecule has 29 heavy (non-hydrogen) atoms. The predicted molar refractivity (Wildman–Crippen MR) is 119 cm³/mol. The standard InChI is InChI=1S/C21H21N5OS2/c1-15-8-6-9-17(14-15)23-20-24-25-21(29-20)28-16(2)19(27)26(13-7-12-22)18-10-4-3-5-11-18/h3-6,8-11,14,16H,7,13H2,1-2H3,(H,23,24). The number of thioether (sulfide) groups is 1. The molecule has 1 unspecified atom stereocenters. The molecule has 0 aliphatic carbocycles. The normalized spacial score (nSPS) is 11.5. The maximum Gasteiger partial charge on any atom is 0.240 e. The first-order valence-corrected chi connectivity index (χ1v) is 10.8. The summed E-state index contributed by atoms with van der Waals surface area (Å²) in [4.78, 5) is 14.7. The van der Waals surface area contributed by atoms with Gasteiger partial charge in [0.05, 0.1) is 17.7 Å². The van der Waals surface area contributed by atoms with Crippen molar-refractivity contribution in [1.29, 1.82) is 5.26 Å². The Morgan fingerprint density at radius 2 is 2.03 bits per heavy atom. The second-order valence-corrected chi connectivity index (χ2v) is 8.93. The number of amides is 1. The molecule has 1 heterocycles. The molecule has 0 radical (unpaired) electrons. The van der Waals surface area contributed by atoms with E-state index in [-0.39, 0.29) is 17.6 Å². The zero-order valence-electron chi connectivity index (χ0n) is 16.2. The lowest BCUT2D eigenvalue weighted by Crippen LogP contribution is -2.37. The van der Waals surface area contributed by atoms with Crippen LogP contribution >= 0.6 is 23.1 Å². The average Bonchev–Trinajstić information content (AvgIpc) is 3.15. The van der Waals surface area contributed by atoms with Crippen molar-refractivity contribution in [2.45, 2.75) is 29.9 Å². The molecule has 0 saturated carbocycles. The molecule has 8 heteroatoms. The first kappa shape index (κ1) is 20.8. The molecule has 6 nitrogen and oxygen atoms in total. The van der Waals surface area contributed by atoms with Gasteiger partial charge in [0.25, 0.3) is 0 Å². The lowest BCUT2D eigenvalue weighted by molar-refractivity contribution is -0.117. The Morgan fingerprint density at radius 1 is 1.24 bits per heavy atom. The highest BCUT2D eigenvalue weighted by Crippen LogP contribution is 2.32. The minimum Gasteiger partial charge on any atom is -0.330 e. The second kappa shape index (κ2) is 10.0.